The maximum absolute atomic E-state index is 11.6. The number of nitrogens with two attached hydrogens (primary N) is 1. The van der Waals surface area contributed by atoms with Crippen molar-refractivity contribution in [2.24, 2.45) is 11.7 Å². The van der Waals surface area contributed by atoms with E-state index in [9.17, 15) is 4.79 Å². The van der Waals surface area contributed by atoms with Gasteiger partial charge in [0.25, 0.3) is 0 Å². The quantitative estimate of drug-likeness (QED) is 0.784. The fraction of sp³-hybridized carbons (Fsp3) is 0.600. The zero-order chi connectivity index (χ0) is 21.2. The molecule has 158 valence electrons. The summed E-state index contributed by atoms with van der Waals surface area (Å²) in [4.78, 5) is 13.9. The Balaban J connectivity index is 2.04. The third-order valence-corrected chi connectivity index (χ3v) is 5.39. The van der Waals surface area contributed by atoms with Crippen LogP contribution in [0.2, 0.25) is 0 Å². The Labute approximate surface area is 171 Å². The van der Waals surface area contributed by atoms with Crippen LogP contribution in [0.1, 0.15) is 51.0 Å². The monoisotopic (exact) mass is 402 g/mol. The van der Waals surface area contributed by atoms with E-state index in [4.69, 9.17) is 15.2 Å². The van der Waals surface area contributed by atoms with Crippen LogP contribution in [0.15, 0.2) is 18.2 Å². The number of amides is 1. The van der Waals surface area contributed by atoms with Crippen LogP contribution in [0.25, 0.3) is 0 Å². The predicted octanol–water partition coefficient (Wildman–Crippen LogP) is 1.73. The number of benzene rings is 1. The first kappa shape index (κ1) is 21.0. The molecule has 29 heavy (non-hydrogen) atoms. The Morgan fingerprint density at radius 3 is 2.38 bits per heavy atom. The molecule has 2 N–H and O–H groups in total. The van der Waals surface area contributed by atoms with E-state index in [1.54, 1.807) is 14.2 Å². The van der Waals surface area contributed by atoms with Gasteiger partial charge in [-0.25, -0.2) is 4.68 Å². The number of tetrazole rings is 1. The molecule has 0 unspecified atom stereocenters. The van der Waals surface area contributed by atoms with Crippen LogP contribution >= 0.6 is 0 Å². The highest BCUT2D eigenvalue weighted by Gasteiger charge is 2.35. The highest BCUT2D eigenvalue weighted by molar-refractivity contribution is 5.76. The minimum absolute atomic E-state index is 0.0871. The van der Waals surface area contributed by atoms with Crippen LogP contribution in [-0.4, -0.2) is 58.3 Å². The number of likely N-dealkylation sites (tertiary alicyclic amines) is 1. The molecule has 1 fully saturated rings. The number of methoxy groups -OCH3 is 2. The fourth-order valence-corrected chi connectivity index (χ4v) is 3.83. The summed E-state index contributed by atoms with van der Waals surface area (Å²) in [6.07, 6.45) is 1.44. The molecular formula is C20H30N6O3. The zero-order valence-electron chi connectivity index (χ0n) is 17.8. The van der Waals surface area contributed by atoms with E-state index >= 15 is 0 Å². The molecule has 1 aromatic heterocycles. The van der Waals surface area contributed by atoms with Crippen molar-refractivity contribution in [3.63, 3.8) is 0 Å². The van der Waals surface area contributed by atoms with Crippen molar-refractivity contribution >= 4 is 5.91 Å². The van der Waals surface area contributed by atoms with Gasteiger partial charge in [0.1, 0.15) is 0 Å². The molecule has 2 heterocycles. The second-order valence-corrected chi connectivity index (χ2v) is 8.35. The van der Waals surface area contributed by atoms with Gasteiger partial charge in [0.2, 0.25) is 5.91 Å². The maximum Gasteiger partial charge on any atom is 0.220 e. The number of aromatic nitrogens is 4. The highest BCUT2D eigenvalue weighted by atomic mass is 16.5. The molecule has 0 aliphatic carbocycles. The van der Waals surface area contributed by atoms with Crippen molar-refractivity contribution in [3.8, 4) is 11.5 Å². The fourth-order valence-electron chi connectivity index (χ4n) is 3.83. The molecule has 1 aliphatic heterocycles. The number of hydrogen-bond donors (Lipinski definition) is 1. The second-order valence-electron chi connectivity index (χ2n) is 8.35. The molecule has 0 spiro atoms. The molecule has 0 radical (unpaired) electrons. The van der Waals surface area contributed by atoms with Gasteiger partial charge in [0.15, 0.2) is 17.3 Å². The Kier molecular flexibility index (Phi) is 6.07. The van der Waals surface area contributed by atoms with Crippen molar-refractivity contribution < 1.29 is 14.3 Å². The van der Waals surface area contributed by atoms with Crippen LogP contribution in [0.4, 0.5) is 0 Å². The molecule has 1 aromatic carbocycles. The number of carbonyl (C=O) groups is 1. The Morgan fingerprint density at radius 2 is 1.83 bits per heavy atom. The predicted molar refractivity (Wildman–Crippen MR) is 108 cm³/mol. The van der Waals surface area contributed by atoms with Crippen molar-refractivity contribution in [1.82, 2.24) is 25.1 Å². The minimum Gasteiger partial charge on any atom is -0.493 e. The molecule has 9 heteroatoms. The van der Waals surface area contributed by atoms with Crippen molar-refractivity contribution in [2.45, 2.75) is 45.2 Å². The van der Waals surface area contributed by atoms with Crippen LogP contribution in [-0.2, 0) is 10.3 Å². The summed E-state index contributed by atoms with van der Waals surface area (Å²) in [6, 6.07) is 5.68. The van der Waals surface area contributed by atoms with Gasteiger partial charge in [-0.05, 0) is 74.8 Å². The Morgan fingerprint density at radius 1 is 1.17 bits per heavy atom. The SMILES string of the molecule is COc1ccc([C@H](c2nnnn2C(C)(C)C)N2CCC(C(N)=O)CC2)cc1OC. The summed E-state index contributed by atoms with van der Waals surface area (Å²) < 4.78 is 12.8. The number of nitrogens with zero attached hydrogens (tertiary/aromatic N) is 5. The summed E-state index contributed by atoms with van der Waals surface area (Å²) in [7, 11) is 3.23. The number of ether oxygens (including phenoxy) is 2. The molecule has 2 aromatic rings. The van der Waals surface area contributed by atoms with Gasteiger partial charge in [-0.1, -0.05) is 6.07 Å². The molecule has 1 amide bonds. The van der Waals surface area contributed by atoms with E-state index < -0.39 is 0 Å². The number of hydrogen-bond acceptors (Lipinski definition) is 7. The van der Waals surface area contributed by atoms with Crippen molar-refractivity contribution in [1.29, 1.82) is 0 Å². The van der Waals surface area contributed by atoms with Gasteiger partial charge >= 0.3 is 0 Å². The van der Waals surface area contributed by atoms with E-state index in [0.29, 0.717) is 11.5 Å². The lowest BCUT2D eigenvalue weighted by Gasteiger charge is -2.37. The first-order valence-electron chi connectivity index (χ1n) is 9.80. The molecule has 0 bridgehead atoms. The summed E-state index contributed by atoms with van der Waals surface area (Å²) in [5.41, 5.74) is 6.24. The van der Waals surface area contributed by atoms with Gasteiger partial charge in [-0.3, -0.25) is 9.69 Å². The van der Waals surface area contributed by atoms with Crippen LogP contribution in [0, 0.1) is 5.92 Å². The number of primary amides is 1. The molecule has 9 nitrogen and oxygen atoms in total. The van der Waals surface area contributed by atoms with E-state index in [-0.39, 0.29) is 23.4 Å². The Hall–Kier alpha value is -2.68. The van der Waals surface area contributed by atoms with E-state index in [0.717, 1.165) is 37.3 Å². The second kappa shape index (κ2) is 8.36. The lowest BCUT2D eigenvalue weighted by atomic mass is 9.93. The van der Waals surface area contributed by atoms with Gasteiger partial charge in [0, 0.05) is 5.92 Å². The van der Waals surface area contributed by atoms with Crippen molar-refractivity contribution in [3.05, 3.63) is 29.6 Å². The lowest BCUT2D eigenvalue weighted by molar-refractivity contribution is -0.123. The molecule has 1 atom stereocenters. The average Bonchev–Trinajstić information content (AvgIpc) is 3.18. The maximum atomic E-state index is 11.6. The van der Waals surface area contributed by atoms with Crippen LogP contribution < -0.4 is 15.2 Å². The van der Waals surface area contributed by atoms with E-state index in [1.807, 2.05) is 22.9 Å². The van der Waals surface area contributed by atoms with Gasteiger partial charge in [0.05, 0.1) is 25.8 Å². The first-order valence-corrected chi connectivity index (χ1v) is 9.80. The topological polar surface area (TPSA) is 108 Å². The molecule has 0 saturated carbocycles. The molecular weight excluding hydrogens is 372 g/mol. The van der Waals surface area contributed by atoms with Crippen molar-refractivity contribution in [2.75, 3.05) is 27.3 Å². The van der Waals surface area contributed by atoms with Gasteiger partial charge in [-0.15, -0.1) is 5.10 Å². The average molecular weight is 402 g/mol. The first-order chi connectivity index (χ1) is 13.8. The summed E-state index contributed by atoms with van der Waals surface area (Å²) in [6.45, 7) is 7.65. The van der Waals surface area contributed by atoms with E-state index in [2.05, 4.69) is 41.2 Å². The summed E-state index contributed by atoms with van der Waals surface area (Å²) >= 11 is 0. The summed E-state index contributed by atoms with van der Waals surface area (Å²) in [5, 5.41) is 12.6. The molecule has 1 aliphatic rings. The van der Waals surface area contributed by atoms with Crippen LogP contribution in [0.5, 0.6) is 11.5 Å². The molecule has 3 rings (SSSR count). The molecule has 1 saturated heterocycles. The third-order valence-electron chi connectivity index (χ3n) is 5.39. The van der Waals surface area contributed by atoms with Crippen LogP contribution in [0.3, 0.4) is 0 Å². The number of piperidine rings is 1. The van der Waals surface area contributed by atoms with E-state index in [1.165, 1.54) is 0 Å². The van der Waals surface area contributed by atoms with Gasteiger partial charge in [-0.2, -0.15) is 0 Å². The summed E-state index contributed by atoms with van der Waals surface area (Å²) in [5.74, 6) is 1.75. The normalized spacial score (nSPS) is 17.1. The largest absolute Gasteiger partial charge is 0.493 e. The lowest BCUT2D eigenvalue weighted by Crippen LogP contribution is -2.42. The smallest absolute Gasteiger partial charge is 0.220 e. The third kappa shape index (κ3) is 4.34. The zero-order valence-corrected chi connectivity index (χ0v) is 17.8. The minimum atomic E-state index is -0.279. The Bertz CT molecular complexity index is 852. The highest BCUT2D eigenvalue weighted by Crippen LogP contribution is 2.37. The van der Waals surface area contributed by atoms with Gasteiger partial charge < -0.3 is 15.2 Å². The number of carbonyl (C=O) groups excluding carboxylic acids is 1. The standard InChI is InChI=1S/C20H30N6O3/c1-20(2,3)26-19(22-23-24-26)17(25-10-8-13(9-11-25)18(21)27)14-6-7-15(28-4)16(12-14)29-5/h6-7,12-13,17H,8-11H2,1-5H3,(H2,21,27)/t17-/m1/s1. The number of rotatable bonds is 6.